The van der Waals surface area contributed by atoms with E-state index >= 15 is 0 Å². The first-order chi connectivity index (χ1) is 11.7. The van der Waals surface area contributed by atoms with Gasteiger partial charge in [-0.15, -0.1) is 10.2 Å². The third kappa shape index (κ3) is 3.68. The van der Waals surface area contributed by atoms with Gasteiger partial charge < -0.3 is 14.8 Å². The highest BCUT2D eigenvalue weighted by Gasteiger charge is 2.30. The summed E-state index contributed by atoms with van der Waals surface area (Å²) in [6.07, 6.45) is 0.684. The van der Waals surface area contributed by atoms with Crippen molar-refractivity contribution in [3.05, 3.63) is 53.5 Å². The molecule has 3 rings (SSSR count). The van der Waals surface area contributed by atoms with Gasteiger partial charge in [0, 0.05) is 25.1 Å². The lowest BCUT2D eigenvalue weighted by Gasteiger charge is -2.19. The third-order valence-corrected chi connectivity index (χ3v) is 4.02. The Labute approximate surface area is 139 Å². The van der Waals surface area contributed by atoms with E-state index in [0.29, 0.717) is 19.0 Å². The normalized spacial score (nSPS) is 19.9. The van der Waals surface area contributed by atoms with E-state index in [9.17, 15) is 9.18 Å². The standard InChI is InChI=1S/C17H18FN3O3/c1-23-15-7-6-14(20-21-15)17(22)19-10-12-8-9-24-16(12)11-2-4-13(18)5-3-11/h2-7,12,16H,8-10H2,1H3,(H,19,22)/t12-,16-/m0/s1. The average molecular weight is 331 g/mol. The van der Waals surface area contributed by atoms with Gasteiger partial charge in [0.1, 0.15) is 5.82 Å². The molecule has 1 aliphatic heterocycles. The maximum atomic E-state index is 13.0. The molecule has 0 unspecified atom stereocenters. The van der Waals surface area contributed by atoms with Gasteiger partial charge in [-0.1, -0.05) is 12.1 Å². The average Bonchev–Trinajstić information content (AvgIpc) is 3.09. The van der Waals surface area contributed by atoms with E-state index in [-0.39, 0.29) is 29.4 Å². The number of carbonyl (C=O) groups excluding carboxylic acids is 1. The van der Waals surface area contributed by atoms with Gasteiger partial charge in [-0.2, -0.15) is 0 Å². The fraction of sp³-hybridized carbons (Fsp3) is 0.353. The molecule has 1 fully saturated rings. The van der Waals surface area contributed by atoms with E-state index in [0.717, 1.165) is 12.0 Å². The lowest BCUT2D eigenvalue weighted by molar-refractivity contribution is 0.0843. The van der Waals surface area contributed by atoms with E-state index in [2.05, 4.69) is 15.5 Å². The third-order valence-electron chi connectivity index (χ3n) is 4.02. The van der Waals surface area contributed by atoms with Gasteiger partial charge in [0.25, 0.3) is 5.91 Å². The largest absolute Gasteiger partial charge is 0.480 e. The summed E-state index contributed by atoms with van der Waals surface area (Å²) in [4.78, 5) is 12.1. The number of carbonyl (C=O) groups is 1. The Morgan fingerprint density at radius 1 is 1.29 bits per heavy atom. The van der Waals surface area contributed by atoms with Crippen LogP contribution in [-0.2, 0) is 4.74 Å². The van der Waals surface area contributed by atoms with Crippen molar-refractivity contribution in [2.75, 3.05) is 20.3 Å². The quantitative estimate of drug-likeness (QED) is 0.908. The Bertz CT molecular complexity index is 691. The molecule has 1 aromatic heterocycles. The van der Waals surface area contributed by atoms with Crippen LogP contribution < -0.4 is 10.1 Å². The van der Waals surface area contributed by atoms with Gasteiger partial charge in [-0.25, -0.2) is 4.39 Å². The fourth-order valence-electron chi connectivity index (χ4n) is 2.73. The van der Waals surface area contributed by atoms with Crippen LogP contribution in [-0.4, -0.2) is 36.4 Å². The molecule has 0 bridgehead atoms. The second-order valence-corrected chi connectivity index (χ2v) is 5.56. The Hall–Kier alpha value is -2.54. The molecule has 1 amide bonds. The van der Waals surface area contributed by atoms with Gasteiger partial charge in [0.15, 0.2) is 5.69 Å². The molecule has 1 N–H and O–H groups in total. The summed E-state index contributed by atoms with van der Waals surface area (Å²) in [5.41, 5.74) is 1.14. The monoisotopic (exact) mass is 331 g/mol. The molecule has 2 aromatic rings. The minimum absolute atomic E-state index is 0.130. The van der Waals surface area contributed by atoms with Crippen molar-refractivity contribution in [3.8, 4) is 5.88 Å². The minimum Gasteiger partial charge on any atom is -0.480 e. The molecule has 0 aliphatic carbocycles. The zero-order chi connectivity index (χ0) is 16.9. The molecule has 24 heavy (non-hydrogen) atoms. The van der Waals surface area contributed by atoms with Crippen LogP contribution in [0.4, 0.5) is 4.39 Å². The number of benzene rings is 1. The molecule has 0 radical (unpaired) electrons. The second kappa shape index (κ2) is 7.35. The lowest BCUT2D eigenvalue weighted by Crippen LogP contribution is -2.31. The molecule has 6 nitrogen and oxygen atoms in total. The van der Waals surface area contributed by atoms with Crippen molar-refractivity contribution < 1.29 is 18.7 Å². The topological polar surface area (TPSA) is 73.3 Å². The van der Waals surface area contributed by atoms with Crippen LogP contribution in [0.25, 0.3) is 0 Å². The fourth-order valence-corrected chi connectivity index (χ4v) is 2.73. The summed E-state index contributed by atoms with van der Waals surface area (Å²) in [6.45, 7) is 1.07. The second-order valence-electron chi connectivity index (χ2n) is 5.56. The number of halogens is 1. The lowest BCUT2D eigenvalue weighted by atomic mass is 9.95. The van der Waals surface area contributed by atoms with Gasteiger partial charge in [0.05, 0.1) is 13.2 Å². The molecule has 0 spiro atoms. The van der Waals surface area contributed by atoms with Crippen LogP contribution in [0.1, 0.15) is 28.6 Å². The Morgan fingerprint density at radius 2 is 2.08 bits per heavy atom. The summed E-state index contributed by atoms with van der Waals surface area (Å²) < 4.78 is 23.7. The van der Waals surface area contributed by atoms with Crippen LogP contribution in [0.5, 0.6) is 5.88 Å². The molecule has 7 heteroatoms. The van der Waals surface area contributed by atoms with E-state index in [4.69, 9.17) is 9.47 Å². The Morgan fingerprint density at radius 3 is 2.75 bits per heavy atom. The van der Waals surface area contributed by atoms with Crippen LogP contribution >= 0.6 is 0 Å². The summed E-state index contributed by atoms with van der Waals surface area (Å²) in [5.74, 6) is -0.0904. The number of amides is 1. The highest BCUT2D eigenvalue weighted by atomic mass is 19.1. The number of hydrogen-bond acceptors (Lipinski definition) is 5. The number of nitrogens with one attached hydrogen (secondary N) is 1. The number of aromatic nitrogens is 2. The van der Waals surface area contributed by atoms with E-state index in [1.807, 2.05) is 0 Å². The van der Waals surface area contributed by atoms with E-state index < -0.39 is 0 Å². The first-order valence-electron chi connectivity index (χ1n) is 7.70. The zero-order valence-electron chi connectivity index (χ0n) is 13.2. The molecule has 126 valence electrons. The summed E-state index contributed by atoms with van der Waals surface area (Å²) >= 11 is 0. The summed E-state index contributed by atoms with van der Waals surface area (Å²) in [7, 11) is 1.49. The van der Waals surface area contributed by atoms with E-state index in [1.165, 1.54) is 19.2 Å². The maximum Gasteiger partial charge on any atom is 0.271 e. The first kappa shape index (κ1) is 16.3. The molecular weight excluding hydrogens is 313 g/mol. The van der Waals surface area contributed by atoms with Gasteiger partial charge >= 0.3 is 0 Å². The van der Waals surface area contributed by atoms with Crippen molar-refractivity contribution in [3.63, 3.8) is 0 Å². The predicted molar refractivity (Wildman–Crippen MR) is 84.1 cm³/mol. The zero-order valence-corrected chi connectivity index (χ0v) is 13.2. The number of hydrogen-bond donors (Lipinski definition) is 1. The number of ether oxygens (including phenoxy) is 2. The molecule has 1 saturated heterocycles. The van der Waals surface area contributed by atoms with Crippen molar-refractivity contribution in [1.82, 2.24) is 15.5 Å². The Balaban J connectivity index is 1.60. The SMILES string of the molecule is COc1ccc(C(=O)NC[C@@H]2CCO[C@H]2c2ccc(F)cc2)nn1. The summed E-state index contributed by atoms with van der Waals surface area (Å²) in [6, 6.07) is 9.41. The van der Waals surface area contributed by atoms with Gasteiger partial charge in [-0.3, -0.25) is 4.79 Å². The summed E-state index contributed by atoms with van der Waals surface area (Å²) in [5, 5.41) is 10.5. The molecular formula is C17H18FN3O3. The van der Waals surface area contributed by atoms with Crippen LogP contribution in [0.2, 0.25) is 0 Å². The first-order valence-corrected chi connectivity index (χ1v) is 7.70. The van der Waals surface area contributed by atoms with Crippen LogP contribution in [0.3, 0.4) is 0 Å². The highest BCUT2D eigenvalue weighted by molar-refractivity contribution is 5.92. The smallest absolute Gasteiger partial charge is 0.271 e. The molecule has 2 atom stereocenters. The van der Waals surface area contributed by atoms with Crippen molar-refractivity contribution in [2.45, 2.75) is 12.5 Å². The van der Waals surface area contributed by atoms with Gasteiger partial charge in [-0.05, 0) is 30.2 Å². The number of nitrogens with zero attached hydrogens (tertiary/aromatic N) is 2. The van der Waals surface area contributed by atoms with Crippen molar-refractivity contribution >= 4 is 5.91 Å². The Kier molecular flexibility index (Phi) is 5.00. The molecule has 1 aromatic carbocycles. The van der Waals surface area contributed by atoms with Crippen molar-refractivity contribution in [1.29, 1.82) is 0 Å². The van der Waals surface area contributed by atoms with E-state index in [1.54, 1.807) is 24.3 Å². The molecule has 0 saturated carbocycles. The maximum absolute atomic E-state index is 13.0. The number of rotatable bonds is 5. The molecule has 2 heterocycles. The van der Waals surface area contributed by atoms with Crippen LogP contribution in [0.15, 0.2) is 36.4 Å². The highest BCUT2D eigenvalue weighted by Crippen LogP contribution is 2.34. The predicted octanol–water partition coefficient (Wildman–Crippen LogP) is 2.13. The van der Waals surface area contributed by atoms with Gasteiger partial charge in [0.2, 0.25) is 5.88 Å². The number of methoxy groups -OCH3 is 1. The van der Waals surface area contributed by atoms with Crippen LogP contribution in [0, 0.1) is 11.7 Å². The minimum atomic E-state index is -0.296. The van der Waals surface area contributed by atoms with Crippen molar-refractivity contribution in [2.24, 2.45) is 5.92 Å². The molecule has 1 aliphatic rings.